The highest BCUT2D eigenvalue weighted by Gasteiger charge is 2.22. The molecule has 0 aliphatic rings. The van der Waals surface area contributed by atoms with Crippen LogP contribution in [-0.2, 0) is 11.3 Å². The SMILES string of the molecule is F[C](OCc1ccccc1)C(F)F. The average molecular weight is 189 g/mol. The Balaban J connectivity index is 2.35. The molecule has 1 rings (SSSR count). The van der Waals surface area contributed by atoms with Gasteiger partial charge >= 0.3 is 12.8 Å². The minimum absolute atomic E-state index is 0.170. The lowest BCUT2D eigenvalue weighted by atomic mass is 10.2. The van der Waals surface area contributed by atoms with Crippen LogP contribution in [0.4, 0.5) is 13.2 Å². The fourth-order valence-electron chi connectivity index (χ4n) is 0.790. The zero-order valence-corrected chi connectivity index (χ0v) is 6.71. The van der Waals surface area contributed by atoms with E-state index < -0.39 is 12.8 Å². The maximum atomic E-state index is 12.2. The minimum Gasteiger partial charge on any atom is -0.332 e. The standard InChI is InChI=1S/C9H8F3O/c10-8(11)9(12)13-6-7-4-2-1-3-5-7/h1-5,8H,6H2. The van der Waals surface area contributed by atoms with Crippen LogP contribution in [0.15, 0.2) is 30.3 Å². The lowest BCUT2D eigenvalue weighted by Gasteiger charge is -2.06. The summed E-state index contributed by atoms with van der Waals surface area (Å²) in [6, 6.07) is 8.55. The van der Waals surface area contributed by atoms with Crippen LogP contribution in [0, 0.1) is 6.36 Å². The van der Waals surface area contributed by atoms with Gasteiger partial charge in [-0.05, 0) is 5.56 Å². The number of benzene rings is 1. The molecule has 0 N–H and O–H groups in total. The number of halogens is 3. The molecule has 13 heavy (non-hydrogen) atoms. The Morgan fingerprint density at radius 2 is 1.85 bits per heavy atom. The molecule has 0 atom stereocenters. The predicted molar refractivity (Wildman–Crippen MR) is 41.6 cm³/mol. The van der Waals surface area contributed by atoms with E-state index in [0.29, 0.717) is 5.56 Å². The van der Waals surface area contributed by atoms with E-state index >= 15 is 0 Å². The fraction of sp³-hybridized carbons (Fsp3) is 0.222. The molecule has 0 saturated carbocycles. The van der Waals surface area contributed by atoms with Crippen molar-refractivity contribution >= 4 is 0 Å². The summed E-state index contributed by atoms with van der Waals surface area (Å²) in [5.74, 6) is 0. The third kappa shape index (κ3) is 3.46. The molecule has 1 aromatic rings. The van der Waals surface area contributed by atoms with E-state index in [1.54, 1.807) is 30.3 Å². The molecular formula is C9H8F3O. The molecule has 0 aliphatic heterocycles. The largest absolute Gasteiger partial charge is 0.335 e. The van der Waals surface area contributed by atoms with Crippen LogP contribution in [0.5, 0.6) is 0 Å². The van der Waals surface area contributed by atoms with Crippen LogP contribution in [0.25, 0.3) is 0 Å². The van der Waals surface area contributed by atoms with Gasteiger partial charge in [0.15, 0.2) is 0 Å². The van der Waals surface area contributed by atoms with Gasteiger partial charge in [0.05, 0.1) is 6.61 Å². The van der Waals surface area contributed by atoms with Gasteiger partial charge in [-0.25, -0.2) is 8.78 Å². The first-order valence-electron chi connectivity index (χ1n) is 3.67. The van der Waals surface area contributed by atoms with E-state index in [9.17, 15) is 13.2 Å². The number of hydrogen-bond acceptors (Lipinski definition) is 1. The van der Waals surface area contributed by atoms with Crippen LogP contribution < -0.4 is 0 Å². The molecule has 0 aromatic heterocycles. The van der Waals surface area contributed by atoms with Crippen molar-refractivity contribution in [3.63, 3.8) is 0 Å². The summed E-state index contributed by atoms with van der Waals surface area (Å²) in [6.07, 6.45) is -4.90. The lowest BCUT2D eigenvalue weighted by molar-refractivity contribution is -0.0463. The summed E-state index contributed by atoms with van der Waals surface area (Å²) in [5, 5.41) is 0. The molecule has 1 nitrogen and oxygen atoms in total. The van der Waals surface area contributed by atoms with Gasteiger partial charge in [0.1, 0.15) is 0 Å². The van der Waals surface area contributed by atoms with Gasteiger partial charge in [0.2, 0.25) is 0 Å². The average Bonchev–Trinajstić information content (AvgIpc) is 2.15. The molecule has 0 spiro atoms. The van der Waals surface area contributed by atoms with Crippen LogP contribution in [-0.4, -0.2) is 6.43 Å². The van der Waals surface area contributed by atoms with Gasteiger partial charge in [-0.3, -0.25) is 0 Å². The molecule has 1 radical (unpaired) electrons. The molecule has 0 aliphatic carbocycles. The predicted octanol–water partition coefficient (Wildman–Crippen LogP) is 2.93. The Kier molecular flexibility index (Phi) is 3.76. The van der Waals surface area contributed by atoms with Gasteiger partial charge < -0.3 is 4.74 Å². The molecule has 4 heteroatoms. The van der Waals surface area contributed by atoms with Crippen LogP contribution in [0.3, 0.4) is 0 Å². The topological polar surface area (TPSA) is 9.23 Å². The second kappa shape index (κ2) is 4.87. The number of rotatable bonds is 4. The number of alkyl halides is 2. The van der Waals surface area contributed by atoms with E-state index in [1.807, 2.05) is 0 Å². The second-order valence-electron chi connectivity index (χ2n) is 2.38. The van der Waals surface area contributed by atoms with Crippen LogP contribution in [0.1, 0.15) is 5.56 Å². The molecular weight excluding hydrogens is 181 g/mol. The van der Waals surface area contributed by atoms with E-state index in [4.69, 9.17) is 0 Å². The minimum atomic E-state index is -3.16. The first kappa shape index (κ1) is 10.1. The molecule has 1 aromatic carbocycles. The smallest absolute Gasteiger partial charge is 0.332 e. The summed E-state index contributed by atoms with van der Waals surface area (Å²) in [4.78, 5) is 0. The Bertz CT molecular complexity index is 238. The van der Waals surface area contributed by atoms with E-state index in [1.165, 1.54) is 0 Å². The zero-order chi connectivity index (χ0) is 9.68. The van der Waals surface area contributed by atoms with E-state index in [-0.39, 0.29) is 6.61 Å². The maximum Gasteiger partial charge on any atom is 0.335 e. The van der Waals surface area contributed by atoms with Crippen molar-refractivity contribution in [1.29, 1.82) is 0 Å². The molecule has 0 bridgehead atoms. The van der Waals surface area contributed by atoms with E-state index in [2.05, 4.69) is 4.74 Å². The van der Waals surface area contributed by atoms with Crippen LogP contribution >= 0.6 is 0 Å². The third-order valence-corrected chi connectivity index (χ3v) is 1.39. The summed E-state index contributed by atoms with van der Waals surface area (Å²) in [6.45, 7) is -0.170. The first-order chi connectivity index (χ1) is 6.20. The Morgan fingerprint density at radius 1 is 1.23 bits per heavy atom. The Labute approximate surface area is 74.1 Å². The molecule has 0 unspecified atom stereocenters. The normalized spacial score (nSPS) is 11.2. The van der Waals surface area contributed by atoms with Crippen molar-refractivity contribution in [3.8, 4) is 0 Å². The summed E-state index contributed by atoms with van der Waals surface area (Å²) in [7, 11) is 0. The highest BCUT2D eigenvalue weighted by Crippen LogP contribution is 2.17. The van der Waals surface area contributed by atoms with Crippen molar-refractivity contribution in [3.05, 3.63) is 42.3 Å². The molecule has 0 heterocycles. The summed E-state index contributed by atoms with van der Waals surface area (Å²) >= 11 is 0. The Hall–Kier alpha value is -1.03. The highest BCUT2D eigenvalue weighted by molar-refractivity contribution is 5.13. The number of hydrogen-bond donors (Lipinski definition) is 0. The van der Waals surface area contributed by atoms with Crippen molar-refractivity contribution in [2.24, 2.45) is 0 Å². The van der Waals surface area contributed by atoms with Gasteiger partial charge in [-0.1, -0.05) is 30.3 Å². The van der Waals surface area contributed by atoms with Gasteiger partial charge in [0.25, 0.3) is 0 Å². The summed E-state index contributed by atoms with van der Waals surface area (Å²) < 4.78 is 39.5. The third-order valence-electron chi connectivity index (χ3n) is 1.39. The van der Waals surface area contributed by atoms with Crippen LogP contribution in [0.2, 0.25) is 0 Å². The van der Waals surface area contributed by atoms with Gasteiger partial charge in [0, 0.05) is 0 Å². The van der Waals surface area contributed by atoms with Gasteiger partial charge in [-0.2, -0.15) is 4.39 Å². The molecule has 0 saturated heterocycles. The Morgan fingerprint density at radius 3 is 2.38 bits per heavy atom. The van der Waals surface area contributed by atoms with Crippen molar-refractivity contribution in [2.45, 2.75) is 13.0 Å². The quantitative estimate of drug-likeness (QED) is 0.707. The fourth-order valence-corrected chi connectivity index (χ4v) is 0.790. The molecule has 71 valence electrons. The summed E-state index contributed by atoms with van der Waals surface area (Å²) in [5.41, 5.74) is 0.651. The molecule has 0 fully saturated rings. The van der Waals surface area contributed by atoms with Gasteiger partial charge in [-0.15, -0.1) is 0 Å². The monoisotopic (exact) mass is 189 g/mol. The van der Waals surface area contributed by atoms with E-state index in [0.717, 1.165) is 0 Å². The maximum absolute atomic E-state index is 12.2. The molecule has 0 amide bonds. The first-order valence-corrected chi connectivity index (χ1v) is 3.67. The van der Waals surface area contributed by atoms with Crippen molar-refractivity contribution in [2.75, 3.05) is 0 Å². The van der Waals surface area contributed by atoms with Crippen molar-refractivity contribution in [1.82, 2.24) is 0 Å². The lowest BCUT2D eigenvalue weighted by Crippen LogP contribution is -2.07. The van der Waals surface area contributed by atoms with Crippen molar-refractivity contribution < 1.29 is 17.9 Å². The zero-order valence-electron chi connectivity index (χ0n) is 6.71. The number of ether oxygens (including phenoxy) is 1. The second-order valence-corrected chi connectivity index (χ2v) is 2.38. The highest BCUT2D eigenvalue weighted by atomic mass is 19.3.